The number of benzene rings is 2. The molecule has 1 aliphatic rings. The Morgan fingerprint density at radius 1 is 1.07 bits per heavy atom. The highest BCUT2D eigenvalue weighted by Crippen LogP contribution is 2.38. The van der Waals surface area contributed by atoms with Gasteiger partial charge in [0.2, 0.25) is 5.91 Å². The fourth-order valence-corrected chi connectivity index (χ4v) is 3.95. The number of aryl methyl sites for hydroxylation is 2. The maximum absolute atomic E-state index is 12.9. The first-order valence-electron chi connectivity index (χ1n) is 9.81. The molecule has 0 aliphatic carbocycles. The van der Waals surface area contributed by atoms with Gasteiger partial charge in [0.1, 0.15) is 11.5 Å². The van der Waals surface area contributed by atoms with E-state index in [-0.39, 0.29) is 24.4 Å². The van der Waals surface area contributed by atoms with Crippen molar-refractivity contribution in [2.24, 2.45) is 0 Å². The molecule has 0 bridgehead atoms. The number of hydrogen-bond acceptors (Lipinski definition) is 4. The van der Waals surface area contributed by atoms with E-state index in [0.717, 1.165) is 41.0 Å². The van der Waals surface area contributed by atoms with Crippen molar-refractivity contribution in [3.8, 4) is 11.5 Å². The molecule has 1 N–H and O–H groups in total. The van der Waals surface area contributed by atoms with Crippen LogP contribution in [0, 0.1) is 13.8 Å². The molecular formula is C23H28N2O4. The molecule has 1 saturated heterocycles. The van der Waals surface area contributed by atoms with Crippen molar-refractivity contribution in [3.63, 3.8) is 0 Å². The van der Waals surface area contributed by atoms with Crippen LogP contribution in [0.3, 0.4) is 0 Å². The summed E-state index contributed by atoms with van der Waals surface area (Å²) in [7, 11) is 3.24. The van der Waals surface area contributed by atoms with E-state index < -0.39 is 0 Å². The van der Waals surface area contributed by atoms with Crippen LogP contribution in [0.5, 0.6) is 11.5 Å². The summed E-state index contributed by atoms with van der Waals surface area (Å²) >= 11 is 0. The Morgan fingerprint density at radius 2 is 1.79 bits per heavy atom. The van der Waals surface area contributed by atoms with E-state index in [2.05, 4.69) is 5.32 Å². The normalized spacial score (nSPS) is 15.9. The number of likely N-dealkylation sites (tertiary alicyclic amines) is 1. The molecule has 1 aliphatic heterocycles. The van der Waals surface area contributed by atoms with Crippen molar-refractivity contribution in [2.45, 2.75) is 32.7 Å². The van der Waals surface area contributed by atoms with Crippen LogP contribution < -0.4 is 14.8 Å². The standard InChI is InChI=1S/C23H28N2O4/c1-15-10-16(2)12-17(11-15)23(27)24-14-22(26)25-9-5-6-20(25)19-13-18(28-3)7-8-21(19)29-4/h7-8,10-13,20H,5-6,9,14H2,1-4H3,(H,24,27)/t20-/m1/s1. The second kappa shape index (κ2) is 8.99. The van der Waals surface area contributed by atoms with Gasteiger partial charge in [0, 0.05) is 17.7 Å². The Bertz CT molecular complexity index is 889. The Kier molecular flexibility index (Phi) is 6.42. The van der Waals surface area contributed by atoms with Crippen molar-refractivity contribution in [1.82, 2.24) is 10.2 Å². The Labute approximate surface area is 171 Å². The molecule has 6 nitrogen and oxygen atoms in total. The minimum absolute atomic E-state index is 0.0331. The molecule has 0 saturated carbocycles. The summed E-state index contributed by atoms with van der Waals surface area (Å²) in [6, 6.07) is 11.2. The van der Waals surface area contributed by atoms with Gasteiger partial charge in [-0.3, -0.25) is 9.59 Å². The van der Waals surface area contributed by atoms with Gasteiger partial charge < -0.3 is 19.7 Å². The Balaban J connectivity index is 1.71. The van der Waals surface area contributed by atoms with Crippen LogP contribution in [-0.2, 0) is 4.79 Å². The third-order valence-electron chi connectivity index (χ3n) is 5.25. The van der Waals surface area contributed by atoms with E-state index in [1.807, 2.05) is 55.1 Å². The lowest BCUT2D eigenvalue weighted by atomic mass is 10.0. The van der Waals surface area contributed by atoms with Gasteiger partial charge in [-0.25, -0.2) is 0 Å². The van der Waals surface area contributed by atoms with Gasteiger partial charge >= 0.3 is 0 Å². The molecule has 1 heterocycles. The average molecular weight is 396 g/mol. The third kappa shape index (κ3) is 4.70. The maximum Gasteiger partial charge on any atom is 0.251 e. The maximum atomic E-state index is 12.9. The summed E-state index contributed by atoms with van der Waals surface area (Å²) in [5.41, 5.74) is 3.54. The number of ether oxygens (including phenoxy) is 2. The number of nitrogens with zero attached hydrogens (tertiary/aromatic N) is 1. The van der Waals surface area contributed by atoms with Crippen molar-refractivity contribution < 1.29 is 19.1 Å². The largest absolute Gasteiger partial charge is 0.497 e. The minimum Gasteiger partial charge on any atom is -0.497 e. The lowest BCUT2D eigenvalue weighted by Crippen LogP contribution is -2.40. The van der Waals surface area contributed by atoms with Crippen molar-refractivity contribution >= 4 is 11.8 Å². The van der Waals surface area contributed by atoms with Crippen LogP contribution in [0.1, 0.15) is 45.9 Å². The molecule has 2 aromatic rings. The van der Waals surface area contributed by atoms with E-state index in [4.69, 9.17) is 9.47 Å². The topological polar surface area (TPSA) is 67.9 Å². The van der Waals surface area contributed by atoms with Crippen LogP contribution in [0.2, 0.25) is 0 Å². The van der Waals surface area contributed by atoms with Crippen LogP contribution in [-0.4, -0.2) is 44.0 Å². The smallest absolute Gasteiger partial charge is 0.251 e. The second-order valence-corrected chi connectivity index (χ2v) is 7.41. The van der Waals surface area contributed by atoms with E-state index in [0.29, 0.717) is 12.1 Å². The van der Waals surface area contributed by atoms with Gasteiger partial charge in [-0.1, -0.05) is 17.2 Å². The highest BCUT2D eigenvalue weighted by molar-refractivity contribution is 5.96. The average Bonchev–Trinajstić information content (AvgIpc) is 3.20. The first-order chi connectivity index (χ1) is 13.9. The fraction of sp³-hybridized carbons (Fsp3) is 0.391. The van der Waals surface area contributed by atoms with Crippen molar-refractivity contribution in [2.75, 3.05) is 27.3 Å². The zero-order chi connectivity index (χ0) is 21.0. The monoisotopic (exact) mass is 396 g/mol. The van der Waals surface area contributed by atoms with E-state index in [9.17, 15) is 9.59 Å². The fourth-order valence-electron chi connectivity index (χ4n) is 3.95. The zero-order valence-corrected chi connectivity index (χ0v) is 17.5. The molecule has 0 unspecified atom stereocenters. The quantitative estimate of drug-likeness (QED) is 0.813. The summed E-state index contributed by atoms with van der Waals surface area (Å²) in [4.78, 5) is 27.2. The number of nitrogens with one attached hydrogen (secondary N) is 1. The summed E-state index contributed by atoms with van der Waals surface area (Å²) in [6.07, 6.45) is 1.75. The number of methoxy groups -OCH3 is 2. The van der Waals surface area contributed by atoms with Crippen LogP contribution in [0.4, 0.5) is 0 Å². The molecule has 6 heteroatoms. The summed E-state index contributed by atoms with van der Waals surface area (Å²) in [5.74, 6) is 1.12. The highest BCUT2D eigenvalue weighted by Gasteiger charge is 2.32. The molecule has 0 radical (unpaired) electrons. The molecule has 1 fully saturated rings. The van der Waals surface area contributed by atoms with Gasteiger partial charge in [0.15, 0.2) is 0 Å². The van der Waals surface area contributed by atoms with Gasteiger partial charge in [-0.05, 0) is 57.0 Å². The first-order valence-corrected chi connectivity index (χ1v) is 9.81. The van der Waals surface area contributed by atoms with Crippen molar-refractivity contribution in [1.29, 1.82) is 0 Å². The molecular weight excluding hydrogens is 368 g/mol. The van der Waals surface area contributed by atoms with Crippen LogP contribution in [0.15, 0.2) is 36.4 Å². The van der Waals surface area contributed by atoms with E-state index >= 15 is 0 Å². The van der Waals surface area contributed by atoms with Crippen molar-refractivity contribution in [3.05, 3.63) is 58.7 Å². The highest BCUT2D eigenvalue weighted by atomic mass is 16.5. The summed E-state index contributed by atoms with van der Waals surface area (Å²) in [6.45, 7) is 4.52. The Hall–Kier alpha value is -3.02. The molecule has 29 heavy (non-hydrogen) atoms. The molecule has 0 spiro atoms. The summed E-state index contributed by atoms with van der Waals surface area (Å²) in [5, 5.41) is 2.77. The van der Waals surface area contributed by atoms with Gasteiger partial charge in [0.25, 0.3) is 5.91 Å². The molecule has 0 aromatic heterocycles. The number of carbonyl (C=O) groups excluding carboxylic acids is 2. The molecule has 154 valence electrons. The third-order valence-corrected chi connectivity index (χ3v) is 5.25. The van der Waals surface area contributed by atoms with Gasteiger partial charge in [-0.15, -0.1) is 0 Å². The number of amides is 2. The molecule has 2 amide bonds. The predicted octanol–water partition coefficient (Wildman–Crippen LogP) is 3.41. The Morgan fingerprint density at radius 3 is 2.45 bits per heavy atom. The lowest BCUT2D eigenvalue weighted by Gasteiger charge is -2.27. The molecule has 1 atom stereocenters. The predicted molar refractivity (Wildman–Crippen MR) is 111 cm³/mol. The lowest BCUT2D eigenvalue weighted by molar-refractivity contribution is -0.131. The molecule has 3 rings (SSSR count). The van der Waals surface area contributed by atoms with Gasteiger partial charge in [-0.2, -0.15) is 0 Å². The number of hydrogen-bond donors (Lipinski definition) is 1. The van der Waals surface area contributed by atoms with Crippen LogP contribution >= 0.6 is 0 Å². The summed E-state index contributed by atoms with van der Waals surface area (Å²) < 4.78 is 10.8. The molecule has 2 aromatic carbocycles. The second-order valence-electron chi connectivity index (χ2n) is 7.41. The SMILES string of the molecule is COc1ccc(OC)c([C@H]2CCCN2C(=O)CNC(=O)c2cc(C)cc(C)c2)c1. The van der Waals surface area contributed by atoms with E-state index in [1.54, 1.807) is 14.2 Å². The minimum atomic E-state index is -0.236. The number of carbonyl (C=O) groups is 2. The zero-order valence-electron chi connectivity index (χ0n) is 17.5. The van der Waals surface area contributed by atoms with Gasteiger partial charge in [0.05, 0.1) is 26.8 Å². The first kappa shape index (κ1) is 20.7. The number of rotatable bonds is 6. The van der Waals surface area contributed by atoms with Crippen LogP contribution in [0.25, 0.3) is 0 Å². The van der Waals surface area contributed by atoms with E-state index in [1.165, 1.54) is 0 Å².